The smallest absolute Gasteiger partial charge is 0.350 e. The molecule has 1 aromatic carbocycles. The number of amides is 2. The number of nitrogens with two attached hydrogens (primary N) is 2. The van der Waals surface area contributed by atoms with Gasteiger partial charge in [0.05, 0.1) is 12.8 Å². The lowest BCUT2D eigenvalue weighted by molar-refractivity contribution is 0.246. The highest BCUT2D eigenvalue weighted by Crippen LogP contribution is 2.25. The zero-order valence-electron chi connectivity index (χ0n) is 15.5. The van der Waals surface area contributed by atoms with Gasteiger partial charge in [-0.1, -0.05) is 12.1 Å². The third-order valence-electron chi connectivity index (χ3n) is 4.11. The van der Waals surface area contributed by atoms with E-state index in [1.54, 1.807) is 48.5 Å². The highest BCUT2D eigenvalue weighted by Gasteiger charge is 2.17. The normalized spacial score (nSPS) is 10.4. The maximum atomic E-state index is 11.8. The number of anilines is 1. The van der Waals surface area contributed by atoms with Gasteiger partial charge in [0.1, 0.15) is 12.3 Å². The molecule has 28 heavy (non-hydrogen) atoms. The second-order valence-corrected chi connectivity index (χ2v) is 5.81. The number of aryl methyl sites for hydroxylation is 1. The molecule has 146 valence electrons. The summed E-state index contributed by atoms with van der Waals surface area (Å²) in [5.74, 6) is 11.9. The van der Waals surface area contributed by atoms with Crippen LogP contribution in [0.5, 0.6) is 11.8 Å². The van der Waals surface area contributed by atoms with Gasteiger partial charge in [-0.2, -0.15) is 0 Å². The number of hydrogen-bond donors (Lipinski definition) is 3. The molecule has 0 saturated carbocycles. The van der Waals surface area contributed by atoms with Crippen LogP contribution in [0.1, 0.15) is 11.1 Å². The molecule has 0 fully saturated rings. The van der Waals surface area contributed by atoms with Gasteiger partial charge in [-0.15, -0.1) is 5.10 Å². The average molecular weight is 383 g/mol. The summed E-state index contributed by atoms with van der Waals surface area (Å²) in [5, 5.41) is 5.33. The Hall–Kier alpha value is -3.63. The maximum absolute atomic E-state index is 11.8. The van der Waals surface area contributed by atoms with Crippen molar-refractivity contribution in [2.24, 2.45) is 11.7 Å². The van der Waals surface area contributed by atoms with Crippen molar-refractivity contribution in [2.45, 2.75) is 13.5 Å². The molecule has 2 heterocycles. The largest absolute Gasteiger partial charge is 0.479 e. The first-order valence-electron chi connectivity index (χ1n) is 8.37. The van der Waals surface area contributed by atoms with Gasteiger partial charge in [-0.05, 0) is 30.7 Å². The van der Waals surface area contributed by atoms with Gasteiger partial charge >= 0.3 is 6.03 Å². The summed E-state index contributed by atoms with van der Waals surface area (Å²) >= 11 is 0. The Balaban J connectivity index is 1.81. The predicted octanol–water partition coefficient (Wildman–Crippen LogP) is 1.43. The molecule has 5 N–H and O–H groups in total. The fraction of sp³-hybridized carbons (Fsp3) is 0.167. The molecule has 10 nitrogen and oxygen atoms in total. The highest BCUT2D eigenvalue weighted by atomic mass is 16.5. The summed E-state index contributed by atoms with van der Waals surface area (Å²) in [6, 6.07) is 10.1. The molecule has 2 amide bonds. The Labute approximate surface area is 161 Å². The standard InChI is InChI=1S/C18H21N7O3/c1-12-5-3-6-14(25(20)18(26)22-19)13(12)11-28-16-8-10-24(23-16)15-7-4-9-21-17(15)27-2/h3-10H,11,19-20H2,1-2H3,(H,22,26). The summed E-state index contributed by atoms with van der Waals surface area (Å²) in [5.41, 5.74) is 4.82. The minimum absolute atomic E-state index is 0.161. The average Bonchev–Trinajstić information content (AvgIpc) is 3.20. The summed E-state index contributed by atoms with van der Waals surface area (Å²) in [6.45, 7) is 2.06. The molecular formula is C18H21N7O3. The first-order valence-corrected chi connectivity index (χ1v) is 8.37. The van der Waals surface area contributed by atoms with Gasteiger partial charge in [0.2, 0.25) is 11.8 Å². The van der Waals surface area contributed by atoms with E-state index in [4.69, 9.17) is 21.2 Å². The lowest BCUT2D eigenvalue weighted by atomic mass is 10.1. The fourth-order valence-electron chi connectivity index (χ4n) is 2.66. The molecule has 0 aliphatic carbocycles. The van der Waals surface area contributed by atoms with Crippen molar-refractivity contribution in [1.29, 1.82) is 0 Å². The third-order valence-corrected chi connectivity index (χ3v) is 4.11. The Kier molecular flexibility index (Phi) is 5.72. The van der Waals surface area contributed by atoms with Crippen molar-refractivity contribution < 1.29 is 14.3 Å². The molecule has 3 aromatic rings. The molecule has 0 atom stereocenters. The van der Waals surface area contributed by atoms with Crippen molar-refractivity contribution in [1.82, 2.24) is 20.2 Å². The van der Waals surface area contributed by atoms with E-state index in [2.05, 4.69) is 10.1 Å². The summed E-state index contributed by atoms with van der Waals surface area (Å²) in [6.07, 6.45) is 3.38. The van der Waals surface area contributed by atoms with E-state index in [9.17, 15) is 4.79 Å². The maximum Gasteiger partial charge on any atom is 0.350 e. The van der Waals surface area contributed by atoms with E-state index in [0.29, 0.717) is 23.1 Å². The van der Waals surface area contributed by atoms with Crippen molar-refractivity contribution in [3.63, 3.8) is 0 Å². The number of carbonyl (C=O) groups is 1. The number of methoxy groups -OCH3 is 1. The van der Waals surface area contributed by atoms with Crippen LogP contribution in [0.2, 0.25) is 0 Å². The quantitative estimate of drug-likeness (QED) is 0.333. The van der Waals surface area contributed by atoms with E-state index in [0.717, 1.165) is 16.1 Å². The number of urea groups is 1. The van der Waals surface area contributed by atoms with Crippen LogP contribution < -0.4 is 31.6 Å². The second-order valence-electron chi connectivity index (χ2n) is 5.81. The van der Waals surface area contributed by atoms with Crippen LogP contribution in [0.25, 0.3) is 5.69 Å². The number of benzene rings is 1. The van der Waals surface area contributed by atoms with E-state index in [-0.39, 0.29) is 6.61 Å². The number of pyridine rings is 1. The lowest BCUT2D eigenvalue weighted by Gasteiger charge is -2.20. The number of rotatable bonds is 6. The van der Waals surface area contributed by atoms with E-state index < -0.39 is 6.03 Å². The lowest BCUT2D eigenvalue weighted by Crippen LogP contribution is -2.48. The summed E-state index contributed by atoms with van der Waals surface area (Å²) in [4.78, 5) is 15.9. The van der Waals surface area contributed by atoms with Crippen LogP contribution >= 0.6 is 0 Å². The first kappa shape index (κ1) is 19.1. The van der Waals surface area contributed by atoms with Crippen LogP contribution in [0.3, 0.4) is 0 Å². The number of hydrazine groups is 2. The van der Waals surface area contributed by atoms with Gasteiger partial charge in [0.25, 0.3) is 0 Å². The van der Waals surface area contributed by atoms with Crippen molar-refractivity contribution in [3.05, 3.63) is 59.9 Å². The molecule has 0 saturated heterocycles. The SMILES string of the molecule is COc1ncccc1-n1ccc(OCc2c(C)cccc2N(N)C(=O)NN)n1. The van der Waals surface area contributed by atoms with Crippen LogP contribution in [0.4, 0.5) is 10.5 Å². The van der Waals surface area contributed by atoms with E-state index >= 15 is 0 Å². The van der Waals surface area contributed by atoms with Gasteiger partial charge < -0.3 is 9.47 Å². The molecule has 3 rings (SSSR count). The molecule has 0 radical (unpaired) electrons. The van der Waals surface area contributed by atoms with Gasteiger partial charge in [-0.25, -0.2) is 31.2 Å². The number of aromatic nitrogens is 3. The Morgan fingerprint density at radius 2 is 2.11 bits per heavy atom. The van der Waals surface area contributed by atoms with Crippen LogP contribution in [0, 0.1) is 6.92 Å². The molecule has 2 aromatic heterocycles. The first-order chi connectivity index (χ1) is 13.5. The Bertz CT molecular complexity index is 973. The van der Waals surface area contributed by atoms with Crippen LogP contribution in [-0.4, -0.2) is 27.9 Å². The van der Waals surface area contributed by atoms with Crippen LogP contribution in [0.15, 0.2) is 48.8 Å². The van der Waals surface area contributed by atoms with Crippen molar-refractivity contribution in [3.8, 4) is 17.4 Å². The van der Waals surface area contributed by atoms with Crippen LogP contribution in [-0.2, 0) is 6.61 Å². The summed E-state index contributed by atoms with van der Waals surface area (Å²) < 4.78 is 12.7. The monoisotopic (exact) mass is 383 g/mol. The number of nitrogens with zero attached hydrogens (tertiary/aromatic N) is 4. The summed E-state index contributed by atoms with van der Waals surface area (Å²) in [7, 11) is 1.54. The molecule has 0 spiro atoms. The Morgan fingerprint density at radius 3 is 2.86 bits per heavy atom. The van der Waals surface area contributed by atoms with Gasteiger partial charge in [0, 0.05) is 24.0 Å². The predicted molar refractivity (Wildman–Crippen MR) is 103 cm³/mol. The van der Waals surface area contributed by atoms with Gasteiger partial charge in [0.15, 0.2) is 0 Å². The number of nitrogens with one attached hydrogen (secondary N) is 1. The molecule has 0 unspecified atom stereocenters. The fourth-order valence-corrected chi connectivity index (χ4v) is 2.66. The molecule has 0 bridgehead atoms. The second kappa shape index (κ2) is 8.37. The van der Waals surface area contributed by atoms with Crippen molar-refractivity contribution >= 4 is 11.7 Å². The van der Waals surface area contributed by atoms with E-state index in [1.165, 1.54) is 0 Å². The Morgan fingerprint density at radius 1 is 1.29 bits per heavy atom. The molecule has 0 aliphatic rings. The molecule has 0 aliphatic heterocycles. The topological polar surface area (TPSA) is 134 Å². The zero-order chi connectivity index (χ0) is 20.1. The van der Waals surface area contributed by atoms with Crippen molar-refractivity contribution in [2.75, 3.05) is 12.1 Å². The van der Waals surface area contributed by atoms with E-state index in [1.807, 2.05) is 24.5 Å². The number of carbonyl (C=O) groups excluding carboxylic acids is 1. The third kappa shape index (κ3) is 3.87. The molecule has 10 heteroatoms. The van der Waals surface area contributed by atoms with Gasteiger partial charge in [-0.3, -0.25) is 5.43 Å². The minimum Gasteiger partial charge on any atom is -0.479 e. The molecular weight excluding hydrogens is 362 g/mol. The number of hydrogen-bond acceptors (Lipinski definition) is 7. The number of ether oxygens (including phenoxy) is 2. The zero-order valence-corrected chi connectivity index (χ0v) is 15.5. The minimum atomic E-state index is -0.639. The highest BCUT2D eigenvalue weighted by molar-refractivity contribution is 5.91.